The Balaban J connectivity index is 1.81. The highest BCUT2D eigenvalue weighted by atomic mass is 32.2. The molecule has 0 amide bonds. The molecule has 8 nitrogen and oxygen atoms in total. The van der Waals surface area contributed by atoms with Gasteiger partial charge in [-0.1, -0.05) is 17.3 Å². The van der Waals surface area contributed by atoms with E-state index in [1.54, 1.807) is 11.8 Å². The molecule has 0 fully saturated rings. The van der Waals surface area contributed by atoms with Gasteiger partial charge in [-0.3, -0.25) is 10.3 Å². The highest BCUT2D eigenvalue weighted by Gasteiger charge is 2.26. The smallest absolute Gasteiger partial charge is 0.360 e. The molecule has 1 aliphatic heterocycles. The van der Waals surface area contributed by atoms with Crippen molar-refractivity contribution in [3.05, 3.63) is 52.3 Å². The van der Waals surface area contributed by atoms with Crippen LogP contribution >= 0.6 is 11.8 Å². The lowest BCUT2D eigenvalue weighted by atomic mass is 10.1. The molecule has 1 aliphatic rings. The fraction of sp³-hybridized carbons (Fsp3) is 0.389. The first kappa shape index (κ1) is 19.2. The van der Waals surface area contributed by atoms with Crippen molar-refractivity contribution in [2.45, 2.75) is 31.7 Å². The third-order valence-corrected chi connectivity index (χ3v) is 4.90. The summed E-state index contributed by atoms with van der Waals surface area (Å²) >= 11 is 1.51. The molecule has 0 bridgehead atoms. The van der Waals surface area contributed by atoms with Gasteiger partial charge < -0.3 is 9.47 Å². The van der Waals surface area contributed by atoms with Crippen LogP contribution < -0.4 is 10.2 Å². The van der Waals surface area contributed by atoms with Crippen molar-refractivity contribution < 1.29 is 19.1 Å². The first-order chi connectivity index (χ1) is 12.9. The second-order valence-corrected chi connectivity index (χ2v) is 7.50. The van der Waals surface area contributed by atoms with E-state index in [2.05, 4.69) is 15.8 Å². The third kappa shape index (κ3) is 4.61. The summed E-state index contributed by atoms with van der Waals surface area (Å²) in [6.07, 6.45) is 1.99. The van der Waals surface area contributed by atoms with Gasteiger partial charge in [0.1, 0.15) is 11.4 Å². The fourth-order valence-corrected chi connectivity index (χ4v) is 3.58. The van der Waals surface area contributed by atoms with Gasteiger partial charge in [-0.05, 0) is 37.6 Å². The van der Waals surface area contributed by atoms with Gasteiger partial charge in [-0.15, -0.1) is 16.9 Å². The van der Waals surface area contributed by atoms with E-state index in [0.29, 0.717) is 18.0 Å². The molecule has 1 N–H and O–H groups in total. The predicted octanol–water partition coefficient (Wildman–Crippen LogP) is 2.51. The molecule has 27 heavy (non-hydrogen) atoms. The molecule has 2 heterocycles. The molecule has 0 spiro atoms. The summed E-state index contributed by atoms with van der Waals surface area (Å²) in [5, 5.41) is 9.05. The standard InChI is InChI=1S/C18H22N4O4S/c1-18(2)9-15(20-26-18)27-11-14-16(17(23)25-4)19-21-22(14)10-12-5-7-13(24-3)8-6-12/h5-9,20H,10-11H2,1-4H3. The van der Waals surface area contributed by atoms with Crippen molar-refractivity contribution >= 4 is 17.7 Å². The zero-order chi connectivity index (χ0) is 19.4. The zero-order valence-corrected chi connectivity index (χ0v) is 16.5. The number of hydrogen-bond donors (Lipinski definition) is 1. The van der Waals surface area contributed by atoms with Crippen molar-refractivity contribution in [1.82, 2.24) is 20.5 Å². The SMILES string of the molecule is COC(=O)c1nnn(Cc2ccc(OC)cc2)c1CSC1=CC(C)(C)ON1. The predicted molar refractivity (Wildman–Crippen MR) is 101 cm³/mol. The maximum absolute atomic E-state index is 12.1. The number of hydroxylamine groups is 1. The molecular formula is C18H22N4O4S. The molecular weight excluding hydrogens is 368 g/mol. The van der Waals surface area contributed by atoms with Gasteiger partial charge in [-0.25, -0.2) is 9.48 Å². The minimum Gasteiger partial charge on any atom is -0.497 e. The summed E-state index contributed by atoms with van der Waals surface area (Å²) in [5.74, 6) is 0.771. The number of thioether (sulfide) groups is 1. The number of esters is 1. The van der Waals surface area contributed by atoms with Crippen LogP contribution in [0.5, 0.6) is 5.75 Å². The highest BCUT2D eigenvalue weighted by molar-refractivity contribution is 8.02. The van der Waals surface area contributed by atoms with Crippen LogP contribution in [-0.4, -0.2) is 40.8 Å². The Morgan fingerprint density at radius 3 is 2.63 bits per heavy atom. The maximum atomic E-state index is 12.1. The number of ether oxygens (including phenoxy) is 2. The minimum absolute atomic E-state index is 0.220. The van der Waals surface area contributed by atoms with E-state index in [0.717, 1.165) is 16.3 Å². The van der Waals surface area contributed by atoms with Gasteiger partial charge >= 0.3 is 5.97 Å². The molecule has 0 radical (unpaired) electrons. The van der Waals surface area contributed by atoms with Crippen molar-refractivity contribution in [2.24, 2.45) is 0 Å². The number of carbonyl (C=O) groups excluding carboxylic acids is 1. The van der Waals surface area contributed by atoms with Crippen molar-refractivity contribution in [3.8, 4) is 5.75 Å². The number of benzene rings is 1. The van der Waals surface area contributed by atoms with Crippen LogP contribution in [0, 0.1) is 0 Å². The Morgan fingerprint density at radius 2 is 2.04 bits per heavy atom. The summed E-state index contributed by atoms with van der Waals surface area (Å²) < 4.78 is 11.7. The van der Waals surface area contributed by atoms with Crippen molar-refractivity contribution in [2.75, 3.05) is 14.2 Å². The van der Waals surface area contributed by atoms with E-state index in [-0.39, 0.29) is 11.3 Å². The van der Waals surface area contributed by atoms with E-state index in [1.807, 2.05) is 44.2 Å². The molecule has 0 saturated heterocycles. The summed E-state index contributed by atoms with van der Waals surface area (Å²) in [7, 11) is 2.96. The van der Waals surface area contributed by atoms with E-state index < -0.39 is 5.97 Å². The second-order valence-electron chi connectivity index (χ2n) is 6.49. The Bertz CT molecular complexity index is 846. The topological polar surface area (TPSA) is 87.5 Å². The van der Waals surface area contributed by atoms with E-state index in [9.17, 15) is 4.79 Å². The summed E-state index contributed by atoms with van der Waals surface area (Å²) in [6, 6.07) is 7.67. The number of rotatable bonds is 7. The zero-order valence-electron chi connectivity index (χ0n) is 15.7. The number of aromatic nitrogens is 3. The van der Waals surface area contributed by atoms with E-state index in [1.165, 1.54) is 18.9 Å². The summed E-state index contributed by atoms with van der Waals surface area (Å²) in [6.45, 7) is 4.41. The van der Waals surface area contributed by atoms with Gasteiger partial charge in [0.15, 0.2) is 5.69 Å². The first-order valence-corrected chi connectivity index (χ1v) is 9.33. The number of nitrogens with one attached hydrogen (secondary N) is 1. The number of nitrogens with zero attached hydrogens (tertiary/aromatic N) is 3. The van der Waals surface area contributed by atoms with Crippen LogP contribution in [0.3, 0.4) is 0 Å². The molecule has 2 aromatic rings. The molecule has 9 heteroatoms. The Labute approximate surface area is 161 Å². The highest BCUT2D eigenvalue weighted by Crippen LogP contribution is 2.29. The fourth-order valence-electron chi connectivity index (χ4n) is 2.54. The van der Waals surface area contributed by atoms with Crippen molar-refractivity contribution in [3.63, 3.8) is 0 Å². The lowest BCUT2D eigenvalue weighted by Crippen LogP contribution is -2.20. The normalized spacial score (nSPS) is 15.2. The average Bonchev–Trinajstić information content (AvgIpc) is 3.22. The van der Waals surface area contributed by atoms with Crippen LogP contribution in [0.4, 0.5) is 0 Å². The van der Waals surface area contributed by atoms with Gasteiger partial charge in [-0.2, -0.15) is 0 Å². The second kappa shape index (κ2) is 8.01. The summed E-state index contributed by atoms with van der Waals surface area (Å²) in [5.41, 5.74) is 4.46. The number of carbonyl (C=O) groups is 1. The lowest BCUT2D eigenvalue weighted by molar-refractivity contribution is -0.0126. The molecule has 0 atom stereocenters. The number of methoxy groups -OCH3 is 2. The Morgan fingerprint density at radius 1 is 1.30 bits per heavy atom. The molecule has 0 saturated carbocycles. The van der Waals surface area contributed by atoms with Gasteiger partial charge in [0, 0.05) is 5.75 Å². The van der Waals surface area contributed by atoms with Crippen LogP contribution in [-0.2, 0) is 21.9 Å². The first-order valence-electron chi connectivity index (χ1n) is 8.35. The quantitative estimate of drug-likeness (QED) is 0.722. The van der Waals surface area contributed by atoms with Gasteiger partial charge in [0.2, 0.25) is 0 Å². The number of hydrogen-bond acceptors (Lipinski definition) is 8. The third-order valence-electron chi connectivity index (χ3n) is 3.97. The maximum Gasteiger partial charge on any atom is 0.360 e. The van der Waals surface area contributed by atoms with E-state index in [4.69, 9.17) is 14.3 Å². The summed E-state index contributed by atoms with van der Waals surface area (Å²) in [4.78, 5) is 17.5. The van der Waals surface area contributed by atoms with E-state index >= 15 is 0 Å². The van der Waals surface area contributed by atoms with Crippen LogP contribution in [0.2, 0.25) is 0 Å². The van der Waals surface area contributed by atoms with Crippen molar-refractivity contribution in [1.29, 1.82) is 0 Å². The molecule has 1 aromatic carbocycles. The minimum atomic E-state index is -0.503. The average molecular weight is 390 g/mol. The molecule has 1 aromatic heterocycles. The Hall–Kier alpha value is -2.52. The van der Waals surface area contributed by atoms with Crippen LogP contribution in [0.25, 0.3) is 0 Å². The van der Waals surface area contributed by atoms with Crippen LogP contribution in [0.15, 0.2) is 35.4 Å². The molecule has 0 aliphatic carbocycles. The van der Waals surface area contributed by atoms with Crippen LogP contribution in [0.1, 0.15) is 35.6 Å². The molecule has 0 unspecified atom stereocenters. The molecule has 144 valence electrons. The Kier molecular flexibility index (Phi) is 5.71. The molecule has 3 rings (SSSR count). The monoisotopic (exact) mass is 390 g/mol. The van der Waals surface area contributed by atoms with Gasteiger partial charge in [0.25, 0.3) is 0 Å². The van der Waals surface area contributed by atoms with Gasteiger partial charge in [0.05, 0.1) is 31.5 Å². The largest absolute Gasteiger partial charge is 0.497 e. The lowest BCUT2D eigenvalue weighted by Gasteiger charge is -2.11.